The zero-order chi connectivity index (χ0) is 8.81. The minimum Gasteiger partial charge on any atom is -0.316 e. The summed E-state index contributed by atoms with van der Waals surface area (Å²) in [5.41, 5.74) is 0. The van der Waals surface area contributed by atoms with Crippen molar-refractivity contribution in [1.82, 2.24) is 10.2 Å². The molecule has 0 radical (unpaired) electrons. The summed E-state index contributed by atoms with van der Waals surface area (Å²) in [4.78, 5) is 2.44. The first-order valence-corrected chi connectivity index (χ1v) is 5.22. The number of nitrogens with one attached hydrogen (secondary N) is 1. The predicted molar refractivity (Wildman–Crippen MR) is 53.4 cm³/mol. The molecule has 1 N–H and O–H groups in total. The highest BCUT2D eigenvalue weighted by Crippen LogP contribution is 2.12. The van der Waals surface area contributed by atoms with Crippen LogP contribution in [0.2, 0.25) is 0 Å². The monoisotopic (exact) mass is 170 g/mol. The van der Waals surface area contributed by atoms with Crippen LogP contribution >= 0.6 is 0 Å². The van der Waals surface area contributed by atoms with Crippen molar-refractivity contribution in [3.8, 4) is 0 Å². The van der Waals surface area contributed by atoms with Crippen LogP contribution in [0.25, 0.3) is 0 Å². The summed E-state index contributed by atoms with van der Waals surface area (Å²) in [5, 5.41) is 3.41. The van der Waals surface area contributed by atoms with Gasteiger partial charge >= 0.3 is 0 Å². The van der Waals surface area contributed by atoms with E-state index in [0.29, 0.717) is 0 Å². The lowest BCUT2D eigenvalue weighted by atomic mass is 10.1. The van der Waals surface area contributed by atoms with Crippen molar-refractivity contribution in [1.29, 1.82) is 0 Å². The van der Waals surface area contributed by atoms with Crippen LogP contribution in [0.5, 0.6) is 0 Å². The van der Waals surface area contributed by atoms with E-state index >= 15 is 0 Å². The molecule has 1 atom stereocenters. The molecule has 1 heterocycles. The second kappa shape index (κ2) is 5.55. The molecule has 1 saturated heterocycles. The Labute approximate surface area is 76.3 Å². The lowest BCUT2D eigenvalue weighted by Crippen LogP contribution is -2.23. The topological polar surface area (TPSA) is 15.3 Å². The summed E-state index contributed by atoms with van der Waals surface area (Å²) in [7, 11) is 2.23. The van der Waals surface area contributed by atoms with Gasteiger partial charge in [-0.15, -0.1) is 0 Å². The largest absolute Gasteiger partial charge is 0.316 e. The van der Waals surface area contributed by atoms with Crippen molar-refractivity contribution in [2.45, 2.75) is 26.2 Å². The third kappa shape index (κ3) is 3.55. The molecule has 2 nitrogen and oxygen atoms in total. The van der Waals surface area contributed by atoms with E-state index in [1.807, 2.05) is 0 Å². The van der Waals surface area contributed by atoms with Gasteiger partial charge in [0.1, 0.15) is 0 Å². The van der Waals surface area contributed by atoms with E-state index in [4.69, 9.17) is 0 Å². The SMILES string of the molecule is CCCN(C)CCC1CCNC1. The van der Waals surface area contributed by atoms with Gasteiger partial charge in [-0.3, -0.25) is 0 Å². The highest BCUT2D eigenvalue weighted by atomic mass is 15.1. The van der Waals surface area contributed by atoms with Gasteiger partial charge in [0.05, 0.1) is 0 Å². The Hall–Kier alpha value is -0.0800. The van der Waals surface area contributed by atoms with Gasteiger partial charge in [0, 0.05) is 0 Å². The molecular weight excluding hydrogens is 148 g/mol. The van der Waals surface area contributed by atoms with Crippen LogP contribution in [0.3, 0.4) is 0 Å². The maximum Gasteiger partial charge on any atom is -0.00187 e. The Morgan fingerprint density at radius 3 is 2.83 bits per heavy atom. The zero-order valence-corrected chi connectivity index (χ0v) is 8.47. The maximum atomic E-state index is 3.41. The standard InChI is InChI=1S/C10H22N2/c1-3-7-12(2)8-5-10-4-6-11-9-10/h10-11H,3-9H2,1-2H3. The fourth-order valence-electron chi connectivity index (χ4n) is 1.86. The molecule has 0 bridgehead atoms. The first-order valence-electron chi connectivity index (χ1n) is 5.22. The lowest BCUT2D eigenvalue weighted by Gasteiger charge is -2.17. The summed E-state index contributed by atoms with van der Waals surface area (Å²) >= 11 is 0. The van der Waals surface area contributed by atoms with Crippen LogP contribution in [-0.2, 0) is 0 Å². The van der Waals surface area contributed by atoms with Gasteiger partial charge in [0.15, 0.2) is 0 Å². The normalized spacial score (nSPS) is 23.8. The minimum absolute atomic E-state index is 0.948. The van der Waals surface area contributed by atoms with E-state index < -0.39 is 0 Å². The average molecular weight is 170 g/mol. The van der Waals surface area contributed by atoms with Crippen LogP contribution in [0.4, 0.5) is 0 Å². The number of hydrogen-bond acceptors (Lipinski definition) is 2. The maximum absolute atomic E-state index is 3.41. The molecule has 0 saturated carbocycles. The first-order chi connectivity index (χ1) is 5.83. The van der Waals surface area contributed by atoms with Gasteiger partial charge in [0.2, 0.25) is 0 Å². The van der Waals surface area contributed by atoms with E-state index in [2.05, 4.69) is 24.2 Å². The Balaban J connectivity index is 1.99. The van der Waals surface area contributed by atoms with Crippen LogP contribution in [0.1, 0.15) is 26.2 Å². The molecule has 0 aromatic carbocycles. The highest BCUT2D eigenvalue weighted by Gasteiger charge is 2.14. The van der Waals surface area contributed by atoms with E-state index in [1.54, 1.807) is 0 Å². The smallest absolute Gasteiger partial charge is 0.00187 e. The second-order valence-corrected chi connectivity index (χ2v) is 3.95. The molecule has 1 unspecified atom stereocenters. The summed E-state index contributed by atoms with van der Waals surface area (Å²) < 4.78 is 0. The van der Waals surface area contributed by atoms with Crippen LogP contribution in [0, 0.1) is 5.92 Å². The molecule has 0 aromatic rings. The second-order valence-electron chi connectivity index (χ2n) is 3.95. The van der Waals surface area contributed by atoms with Gasteiger partial charge in [-0.05, 0) is 58.4 Å². The summed E-state index contributed by atoms with van der Waals surface area (Å²) in [6.07, 6.45) is 4.04. The summed E-state index contributed by atoms with van der Waals surface area (Å²) in [6.45, 7) is 7.26. The van der Waals surface area contributed by atoms with E-state index in [-0.39, 0.29) is 0 Å². The molecule has 1 rings (SSSR count). The molecular formula is C10H22N2. The van der Waals surface area contributed by atoms with Gasteiger partial charge in [0.25, 0.3) is 0 Å². The fraction of sp³-hybridized carbons (Fsp3) is 1.00. The van der Waals surface area contributed by atoms with Crippen molar-refractivity contribution >= 4 is 0 Å². The fourth-order valence-corrected chi connectivity index (χ4v) is 1.86. The Morgan fingerprint density at radius 1 is 1.42 bits per heavy atom. The Kier molecular flexibility index (Phi) is 4.62. The zero-order valence-electron chi connectivity index (χ0n) is 8.47. The van der Waals surface area contributed by atoms with Crippen molar-refractivity contribution < 1.29 is 0 Å². The summed E-state index contributed by atoms with van der Waals surface area (Å²) in [5.74, 6) is 0.948. The molecule has 0 aliphatic carbocycles. The van der Waals surface area contributed by atoms with Gasteiger partial charge in [-0.1, -0.05) is 6.92 Å². The molecule has 2 heteroatoms. The van der Waals surface area contributed by atoms with Gasteiger partial charge in [-0.25, -0.2) is 0 Å². The molecule has 1 aliphatic rings. The average Bonchev–Trinajstić information content (AvgIpc) is 2.53. The number of hydrogen-bond donors (Lipinski definition) is 1. The number of nitrogens with zero attached hydrogens (tertiary/aromatic N) is 1. The molecule has 1 aliphatic heterocycles. The molecule has 0 aromatic heterocycles. The molecule has 0 spiro atoms. The van der Waals surface area contributed by atoms with Crippen molar-refractivity contribution in [3.63, 3.8) is 0 Å². The highest BCUT2D eigenvalue weighted by molar-refractivity contribution is 4.71. The molecule has 1 fully saturated rings. The van der Waals surface area contributed by atoms with E-state index in [1.165, 1.54) is 45.4 Å². The predicted octanol–water partition coefficient (Wildman–Crippen LogP) is 1.33. The molecule has 12 heavy (non-hydrogen) atoms. The number of rotatable bonds is 5. The minimum atomic E-state index is 0.948. The third-order valence-electron chi connectivity index (χ3n) is 2.69. The van der Waals surface area contributed by atoms with E-state index in [0.717, 1.165) is 5.92 Å². The quantitative estimate of drug-likeness (QED) is 0.669. The third-order valence-corrected chi connectivity index (χ3v) is 2.69. The van der Waals surface area contributed by atoms with E-state index in [9.17, 15) is 0 Å². The van der Waals surface area contributed by atoms with Crippen LogP contribution in [0.15, 0.2) is 0 Å². The van der Waals surface area contributed by atoms with Crippen LogP contribution in [-0.4, -0.2) is 38.1 Å². The Morgan fingerprint density at radius 2 is 2.25 bits per heavy atom. The first kappa shape index (κ1) is 10.0. The molecule has 0 amide bonds. The lowest BCUT2D eigenvalue weighted by molar-refractivity contribution is 0.305. The van der Waals surface area contributed by atoms with Crippen molar-refractivity contribution in [3.05, 3.63) is 0 Å². The van der Waals surface area contributed by atoms with Gasteiger partial charge in [-0.2, -0.15) is 0 Å². The van der Waals surface area contributed by atoms with Crippen LogP contribution < -0.4 is 5.32 Å². The van der Waals surface area contributed by atoms with Crippen molar-refractivity contribution in [2.75, 3.05) is 33.2 Å². The Bertz CT molecular complexity index is 108. The van der Waals surface area contributed by atoms with Gasteiger partial charge < -0.3 is 10.2 Å². The van der Waals surface area contributed by atoms with Crippen molar-refractivity contribution in [2.24, 2.45) is 5.92 Å². The summed E-state index contributed by atoms with van der Waals surface area (Å²) in [6, 6.07) is 0. The molecule has 72 valence electrons.